The molecule has 0 atom stereocenters. The molecule has 0 bridgehead atoms. The molecule has 0 aliphatic rings. The fourth-order valence-electron chi connectivity index (χ4n) is 1.56. The Kier molecular flexibility index (Phi) is 8.51. The summed E-state index contributed by atoms with van der Waals surface area (Å²) in [4.78, 5) is 13.3. The zero-order valence-electron chi connectivity index (χ0n) is 9.91. The molecule has 0 fully saturated rings. The maximum atomic E-state index is 9.81. The summed E-state index contributed by atoms with van der Waals surface area (Å²) < 4.78 is 11.0. The zero-order valence-corrected chi connectivity index (χ0v) is 10.9. The quantitative estimate of drug-likeness (QED) is 0.265. The Bertz CT molecular complexity index is 193. The number of hydrogen-bond donors (Lipinski definition) is 0. The minimum Gasteiger partial charge on any atom is -0.398 e. The highest BCUT2D eigenvalue weighted by molar-refractivity contribution is 6.67. The van der Waals surface area contributed by atoms with Gasteiger partial charge in [0.25, 0.3) is 0 Å². The van der Waals surface area contributed by atoms with Crippen LogP contribution in [-0.4, -0.2) is 35.4 Å². The molecule has 0 amide bonds. The predicted molar refractivity (Wildman–Crippen MR) is 61.9 cm³/mol. The lowest BCUT2D eigenvalue weighted by Gasteiger charge is -2.25. The fraction of sp³-hybridized carbons (Fsp3) is 0.900. The van der Waals surface area contributed by atoms with E-state index in [4.69, 9.17) is 8.85 Å². The summed E-state index contributed by atoms with van der Waals surface area (Å²) in [6.07, 6.45) is 4.63. The molecular formula is C10H21NO3Si. The monoisotopic (exact) mass is 231 g/mol. The van der Waals surface area contributed by atoms with E-state index in [1.54, 1.807) is 20.3 Å². The van der Waals surface area contributed by atoms with E-state index in [0.29, 0.717) is 6.54 Å². The number of unbranched alkanes of at least 4 members (excludes halogenated alkanes) is 2. The third kappa shape index (κ3) is 5.84. The van der Waals surface area contributed by atoms with E-state index in [1.807, 2.05) is 0 Å². The smallest absolute Gasteiger partial charge is 0.337 e. The molecule has 88 valence electrons. The summed E-state index contributed by atoms with van der Waals surface area (Å²) in [6.45, 7) is 2.69. The van der Waals surface area contributed by atoms with Crippen molar-refractivity contribution in [3.05, 3.63) is 0 Å². The lowest BCUT2D eigenvalue weighted by molar-refractivity contribution is 0.241. The van der Waals surface area contributed by atoms with E-state index in [-0.39, 0.29) is 0 Å². The Morgan fingerprint density at radius 2 is 1.87 bits per heavy atom. The van der Waals surface area contributed by atoms with Crippen LogP contribution in [0.1, 0.15) is 26.2 Å². The SMILES string of the molecule is CC[Si](CCCCCN=C=O)(OC)OC. The summed E-state index contributed by atoms with van der Waals surface area (Å²) in [5, 5.41) is 0. The second kappa shape index (κ2) is 8.80. The summed E-state index contributed by atoms with van der Waals surface area (Å²) in [5.74, 6) is 0. The van der Waals surface area contributed by atoms with Gasteiger partial charge in [-0.1, -0.05) is 19.8 Å². The summed E-state index contributed by atoms with van der Waals surface area (Å²) in [5.41, 5.74) is 0. The van der Waals surface area contributed by atoms with Gasteiger partial charge >= 0.3 is 8.56 Å². The normalized spacial score (nSPS) is 11.1. The highest BCUT2D eigenvalue weighted by atomic mass is 28.4. The van der Waals surface area contributed by atoms with Crippen LogP contribution >= 0.6 is 0 Å². The maximum absolute atomic E-state index is 9.81. The topological polar surface area (TPSA) is 47.9 Å². The van der Waals surface area contributed by atoms with E-state index in [9.17, 15) is 4.79 Å². The largest absolute Gasteiger partial charge is 0.398 e. The van der Waals surface area contributed by atoms with E-state index in [1.165, 1.54) is 0 Å². The van der Waals surface area contributed by atoms with Crippen molar-refractivity contribution >= 4 is 14.6 Å². The van der Waals surface area contributed by atoms with Gasteiger partial charge in [-0.25, -0.2) is 9.79 Å². The van der Waals surface area contributed by atoms with E-state index >= 15 is 0 Å². The first-order valence-corrected chi connectivity index (χ1v) is 7.61. The van der Waals surface area contributed by atoms with Crippen molar-refractivity contribution in [1.82, 2.24) is 0 Å². The van der Waals surface area contributed by atoms with Crippen molar-refractivity contribution < 1.29 is 13.6 Å². The summed E-state index contributed by atoms with van der Waals surface area (Å²) >= 11 is 0. The van der Waals surface area contributed by atoms with Gasteiger partial charge in [-0.15, -0.1) is 0 Å². The van der Waals surface area contributed by atoms with E-state index in [0.717, 1.165) is 31.4 Å². The molecular weight excluding hydrogens is 210 g/mol. The van der Waals surface area contributed by atoms with Crippen LogP contribution in [0.15, 0.2) is 4.99 Å². The summed E-state index contributed by atoms with van der Waals surface area (Å²) in [6, 6.07) is 1.99. The van der Waals surface area contributed by atoms with Gasteiger partial charge in [-0.3, -0.25) is 0 Å². The van der Waals surface area contributed by atoms with Crippen molar-refractivity contribution in [3.8, 4) is 0 Å². The number of aliphatic imine (C=N–C) groups is 1. The van der Waals surface area contributed by atoms with Crippen LogP contribution in [0.25, 0.3) is 0 Å². The number of hydrogen-bond acceptors (Lipinski definition) is 4. The molecule has 15 heavy (non-hydrogen) atoms. The summed E-state index contributed by atoms with van der Waals surface area (Å²) in [7, 11) is 1.57. The molecule has 0 aliphatic heterocycles. The lowest BCUT2D eigenvalue weighted by Crippen LogP contribution is -2.38. The Hall–Kier alpha value is -0.483. The molecule has 0 saturated heterocycles. The third-order valence-electron chi connectivity index (χ3n) is 2.67. The van der Waals surface area contributed by atoms with Gasteiger partial charge in [-0.05, 0) is 18.5 Å². The number of carbonyl (C=O) groups excluding carboxylic acids is 1. The molecule has 4 nitrogen and oxygen atoms in total. The first-order chi connectivity index (χ1) is 7.24. The Morgan fingerprint density at radius 3 is 2.33 bits per heavy atom. The molecule has 5 heteroatoms. The third-order valence-corrected chi connectivity index (χ3v) is 6.36. The molecule has 0 unspecified atom stereocenters. The standard InChI is InChI=1S/C10H21NO3Si/c1-4-15(13-2,14-3)9-7-5-6-8-11-10-12/h4-9H2,1-3H3. The molecule has 0 aromatic rings. The Morgan fingerprint density at radius 1 is 1.20 bits per heavy atom. The predicted octanol–water partition coefficient (Wildman–Crippen LogP) is 2.25. The Balaban J connectivity index is 3.66. The molecule has 0 heterocycles. The van der Waals surface area contributed by atoms with E-state index in [2.05, 4.69) is 11.9 Å². The van der Waals surface area contributed by atoms with Gasteiger partial charge in [0.1, 0.15) is 0 Å². The van der Waals surface area contributed by atoms with Gasteiger partial charge < -0.3 is 8.85 Å². The highest BCUT2D eigenvalue weighted by Crippen LogP contribution is 2.20. The van der Waals surface area contributed by atoms with Crippen LogP contribution in [0, 0.1) is 0 Å². The fourth-order valence-corrected chi connectivity index (χ4v) is 3.86. The van der Waals surface area contributed by atoms with Gasteiger partial charge in [0.15, 0.2) is 0 Å². The van der Waals surface area contributed by atoms with Crippen molar-refractivity contribution in [2.45, 2.75) is 38.3 Å². The highest BCUT2D eigenvalue weighted by Gasteiger charge is 2.32. The van der Waals surface area contributed by atoms with Gasteiger partial charge in [-0.2, -0.15) is 0 Å². The molecule has 0 radical (unpaired) electrons. The zero-order chi connectivity index (χ0) is 11.6. The minimum absolute atomic E-state index is 0.587. The van der Waals surface area contributed by atoms with Crippen LogP contribution in [0.4, 0.5) is 0 Å². The van der Waals surface area contributed by atoms with Crippen LogP contribution in [-0.2, 0) is 13.6 Å². The van der Waals surface area contributed by atoms with Crippen LogP contribution in [0.2, 0.25) is 12.1 Å². The lowest BCUT2D eigenvalue weighted by atomic mass is 10.2. The van der Waals surface area contributed by atoms with Crippen molar-refractivity contribution in [2.75, 3.05) is 20.8 Å². The number of isocyanates is 1. The molecule has 0 aromatic heterocycles. The second-order valence-corrected chi connectivity index (χ2v) is 7.30. The van der Waals surface area contributed by atoms with E-state index < -0.39 is 8.56 Å². The van der Waals surface area contributed by atoms with Gasteiger partial charge in [0, 0.05) is 14.2 Å². The van der Waals surface area contributed by atoms with Gasteiger partial charge in [0.05, 0.1) is 6.54 Å². The second-order valence-electron chi connectivity index (χ2n) is 3.46. The molecule has 0 N–H and O–H groups in total. The average molecular weight is 231 g/mol. The molecule has 0 aromatic carbocycles. The molecule has 0 aliphatic carbocycles. The first-order valence-electron chi connectivity index (χ1n) is 5.38. The Labute approximate surface area is 92.9 Å². The molecule has 0 rings (SSSR count). The molecule has 0 spiro atoms. The van der Waals surface area contributed by atoms with Crippen molar-refractivity contribution in [3.63, 3.8) is 0 Å². The van der Waals surface area contributed by atoms with Crippen LogP contribution < -0.4 is 0 Å². The van der Waals surface area contributed by atoms with Gasteiger partial charge in [0.2, 0.25) is 6.08 Å². The maximum Gasteiger partial charge on any atom is 0.337 e. The first kappa shape index (κ1) is 14.5. The molecule has 0 saturated carbocycles. The minimum atomic E-state index is -1.89. The average Bonchev–Trinajstić information content (AvgIpc) is 2.29. The van der Waals surface area contributed by atoms with Crippen LogP contribution in [0.3, 0.4) is 0 Å². The number of rotatable bonds is 9. The van der Waals surface area contributed by atoms with Crippen molar-refractivity contribution in [2.24, 2.45) is 4.99 Å². The number of nitrogens with zero attached hydrogens (tertiary/aromatic N) is 1. The van der Waals surface area contributed by atoms with Crippen molar-refractivity contribution in [1.29, 1.82) is 0 Å². The van der Waals surface area contributed by atoms with Crippen LogP contribution in [0.5, 0.6) is 0 Å².